The minimum Gasteiger partial charge on any atom is -0.228 e. The van der Waals surface area contributed by atoms with Crippen LogP contribution < -0.4 is 0 Å². The van der Waals surface area contributed by atoms with E-state index in [9.17, 15) is 8.42 Å². The average molecular weight is 351 g/mol. The predicted octanol–water partition coefficient (Wildman–Crippen LogP) is 5.19. The van der Waals surface area contributed by atoms with Gasteiger partial charge in [-0.2, -0.15) is 0 Å². The van der Waals surface area contributed by atoms with Crippen LogP contribution in [0.2, 0.25) is 0 Å². The summed E-state index contributed by atoms with van der Waals surface area (Å²) in [5, 5.41) is 0. The van der Waals surface area contributed by atoms with Gasteiger partial charge in [0, 0.05) is 0 Å². The zero-order valence-corrected chi connectivity index (χ0v) is 16.8. The molecule has 3 heteroatoms. The first-order chi connectivity index (χ1) is 11.2. The van der Waals surface area contributed by atoms with Gasteiger partial charge in [-0.1, -0.05) is 31.4 Å². The van der Waals surface area contributed by atoms with E-state index in [1.165, 1.54) is 49.7 Å². The molecule has 0 saturated heterocycles. The van der Waals surface area contributed by atoms with Crippen molar-refractivity contribution >= 4 is 9.84 Å². The van der Waals surface area contributed by atoms with Gasteiger partial charge in [0.1, 0.15) is 0 Å². The summed E-state index contributed by atoms with van der Waals surface area (Å²) < 4.78 is 23.5. The molecule has 2 rings (SSSR count). The number of aryl methyl sites for hydroxylation is 2. The van der Waals surface area contributed by atoms with Crippen LogP contribution >= 0.6 is 0 Å². The highest BCUT2D eigenvalue weighted by molar-refractivity contribution is 7.92. The Morgan fingerprint density at radius 3 is 2.33 bits per heavy atom. The van der Waals surface area contributed by atoms with Crippen LogP contribution in [0.15, 0.2) is 12.1 Å². The fraction of sp³-hybridized carbons (Fsp3) is 0.714. The monoisotopic (exact) mass is 350 g/mol. The summed E-state index contributed by atoms with van der Waals surface area (Å²) in [7, 11) is -2.94. The number of fused-ring (bicyclic) bond motifs is 1. The first-order valence-electron chi connectivity index (χ1n) is 9.55. The van der Waals surface area contributed by atoms with Crippen molar-refractivity contribution in [2.75, 3.05) is 5.75 Å². The highest BCUT2D eigenvalue weighted by atomic mass is 32.2. The minimum atomic E-state index is -2.94. The van der Waals surface area contributed by atoms with E-state index in [2.05, 4.69) is 19.1 Å². The van der Waals surface area contributed by atoms with Crippen LogP contribution in [-0.2, 0) is 29.1 Å². The maximum absolute atomic E-state index is 12.1. The number of hydrogen-bond donors (Lipinski definition) is 0. The summed E-state index contributed by atoms with van der Waals surface area (Å²) in [5.74, 6) is 0.334. The molecule has 0 N–H and O–H groups in total. The average Bonchev–Trinajstić information content (AvgIpc) is 2.96. The highest BCUT2D eigenvalue weighted by Gasteiger charge is 2.27. The molecule has 2 nitrogen and oxygen atoms in total. The normalized spacial score (nSPS) is 14.8. The van der Waals surface area contributed by atoms with E-state index >= 15 is 0 Å². The molecule has 0 aliphatic heterocycles. The quantitative estimate of drug-likeness (QED) is 0.605. The smallest absolute Gasteiger partial charge is 0.155 e. The van der Waals surface area contributed by atoms with Gasteiger partial charge in [-0.25, -0.2) is 8.42 Å². The molecule has 0 saturated carbocycles. The molecule has 136 valence electrons. The van der Waals surface area contributed by atoms with Gasteiger partial charge < -0.3 is 0 Å². The van der Waals surface area contributed by atoms with Crippen LogP contribution in [0.4, 0.5) is 0 Å². The third kappa shape index (κ3) is 4.84. The summed E-state index contributed by atoms with van der Waals surface area (Å²) in [6, 6.07) is 4.66. The standard InChI is InChI=1S/C21H34O2S/c1-17-18(14-15-19-12-10-13-20(17)19)11-8-6-5-7-9-16-24(22,23)21(2,3)4/h14-15H,5-13,16H2,1-4H3. The van der Waals surface area contributed by atoms with Crippen molar-refractivity contribution in [3.8, 4) is 0 Å². The zero-order valence-electron chi connectivity index (χ0n) is 16.0. The van der Waals surface area contributed by atoms with Crippen LogP contribution in [0.25, 0.3) is 0 Å². The van der Waals surface area contributed by atoms with Gasteiger partial charge in [0.15, 0.2) is 9.84 Å². The van der Waals surface area contributed by atoms with E-state index in [0.717, 1.165) is 19.3 Å². The number of hydrogen-bond acceptors (Lipinski definition) is 2. The molecule has 1 aromatic carbocycles. The van der Waals surface area contributed by atoms with E-state index in [-0.39, 0.29) is 0 Å². The van der Waals surface area contributed by atoms with Crippen molar-refractivity contribution in [1.29, 1.82) is 0 Å². The third-order valence-electron chi connectivity index (χ3n) is 5.47. The number of sulfone groups is 1. The maximum Gasteiger partial charge on any atom is 0.155 e. The Morgan fingerprint density at radius 2 is 1.62 bits per heavy atom. The number of unbranched alkanes of at least 4 members (excludes halogenated alkanes) is 4. The van der Waals surface area contributed by atoms with E-state index in [1.54, 1.807) is 31.9 Å². The molecule has 0 unspecified atom stereocenters. The lowest BCUT2D eigenvalue weighted by Crippen LogP contribution is -2.30. The van der Waals surface area contributed by atoms with Gasteiger partial charge in [0.25, 0.3) is 0 Å². The highest BCUT2D eigenvalue weighted by Crippen LogP contribution is 2.28. The molecule has 0 atom stereocenters. The van der Waals surface area contributed by atoms with Crippen LogP contribution in [0.1, 0.15) is 81.5 Å². The summed E-state index contributed by atoms with van der Waals surface area (Å²) >= 11 is 0. The first kappa shape index (κ1) is 19.5. The van der Waals surface area contributed by atoms with Crippen molar-refractivity contribution in [1.82, 2.24) is 0 Å². The predicted molar refractivity (Wildman–Crippen MR) is 104 cm³/mol. The molecule has 0 heterocycles. The molecular weight excluding hydrogens is 316 g/mol. The van der Waals surface area contributed by atoms with Crippen LogP contribution in [0, 0.1) is 6.92 Å². The fourth-order valence-electron chi connectivity index (χ4n) is 3.61. The van der Waals surface area contributed by atoms with Gasteiger partial charge in [-0.05, 0) is 88.5 Å². The van der Waals surface area contributed by atoms with Gasteiger partial charge in [-0.15, -0.1) is 0 Å². The molecule has 0 spiro atoms. The fourth-order valence-corrected chi connectivity index (χ4v) is 4.81. The van der Waals surface area contributed by atoms with Crippen LogP contribution in [0.5, 0.6) is 0 Å². The number of rotatable bonds is 8. The van der Waals surface area contributed by atoms with Crippen molar-refractivity contribution in [2.45, 2.75) is 90.2 Å². The zero-order chi connectivity index (χ0) is 17.8. The van der Waals surface area contributed by atoms with Gasteiger partial charge >= 0.3 is 0 Å². The molecular formula is C21H34O2S. The van der Waals surface area contributed by atoms with Crippen molar-refractivity contribution in [3.05, 3.63) is 34.4 Å². The number of benzene rings is 1. The third-order valence-corrected chi connectivity index (χ3v) is 8.16. The van der Waals surface area contributed by atoms with Crippen LogP contribution in [-0.4, -0.2) is 18.9 Å². The van der Waals surface area contributed by atoms with E-state index in [0.29, 0.717) is 5.75 Å². The Bertz CT molecular complexity index is 651. The van der Waals surface area contributed by atoms with Crippen molar-refractivity contribution in [2.24, 2.45) is 0 Å². The molecule has 0 radical (unpaired) electrons. The lowest BCUT2D eigenvalue weighted by molar-refractivity contribution is 0.552. The van der Waals surface area contributed by atoms with Crippen molar-refractivity contribution in [3.63, 3.8) is 0 Å². The Morgan fingerprint density at radius 1 is 0.958 bits per heavy atom. The van der Waals surface area contributed by atoms with Gasteiger partial charge in [0.05, 0.1) is 10.5 Å². The van der Waals surface area contributed by atoms with Gasteiger partial charge in [-0.3, -0.25) is 0 Å². The minimum absolute atomic E-state index is 0.334. The first-order valence-corrected chi connectivity index (χ1v) is 11.2. The molecule has 0 fully saturated rings. The second kappa shape index (κ2) is 8.03. The molecule has 1 aliphatic carbocycles. The topological polar surface area (TPSA) is 34.1 Å². The summed E-state index contributed by atoms with van der Waals surface area (Å²) in [5.41, 5.74) is 6.23. The Balaban J connectivity index is 1.66. The molecule has 1 aromatic rings. The van der Waals surface area contributed by atoms with E-state index < -0.39 is 14.6 Å². The summed E-state index contributed by atoms with van der Waals surface area (Å²) in [6.45, 7) is 7.67. The summed E-state index contributed by atoms with van der Waals surface area (Å²) in [4.78, 5) is 0. The molecule has 24 heavy (non-hydrogen) atoms. The Hall–Kier alpha value is -0.830. The molecule has 0 aromatic heterocycles. The Kier molecular flexibility index (Phi) is 6.52. The van der Waals surface area contributed by atoms with Crippen molar-refractivity contribution < 1.29 is 8.42 Å². The molecule has 0 bridgehead atoms. The lowest BCUT2D eigenvalue weighted by atomic mass is 9.95. The Labute approximate surface area is 149 Å². The van der Waals surface area contributed by atoms with E-state index in [4.69, 9.17) is 0 Å². The second-order valence-corrected chi connectivity index (χ2v) is 11.2. The summed E-state index contributed by atoms with van der Waals surface area (Å²) in [6.07, 6.45) is 10.4. The van der Waals surface area contributed by atoms with E-state index in [1.807, 2.05) is 0 Å². The maximum atomic E-state index is 12.1. The largest absolute Gasteiger partial charge is 0.228 e. The second-order valence-electron chi connectivity index (χ2n) is 8.29. The molecule has 0 amide bonds. The molecule has 1 aliphatic rings. The van der Waals surface area contributed by atoms with Gasteiger partial charge in [0.2, 0.25) is 0 Å². The lowest BCUT2D eigenvalue weighted by Gasteiger charge is -2.18. The van der Waals surface area contributed by atoms with Crippen LogP contribution in [0.3, 0.4) is 0 Å². The SMILES string of the molecule is Cc1c(CCCCCCCS(=O)(=O)C(C)(C)C)ccc2c1CCC2.